The lowest BCUT2D eigenvalue weighted by atomic mass is 9.73. The minimum atomic E-state index is -0.117. The Bertz CT molecular complexity index is 757. The van der Waals surface area contributed by atoms with Crippen LogP contribution in [-0.2, 0) is 19.5 Å². The molecule has 2 aliphatic rings. The lowest BCUT2D eigenvalue weighted by molar-refractivity contribution is 0.0616. The lowest BCUT2D eigenvalue weighted by Crippen LogP contribution is -2.45. The largest absolute Gasteiger partial charge is 0.472 e. The quantitative estimate of drug-likeness (QED) is 0.908. The highest BCUT2D eigenvalue weighted by Gasteiger charge is 2.39. The van der Waals surface area contributed by atoms with Crippen LogP contribution in [0.2, 0.25) is 0 Å². The molecular formula is C19H27N5O2. The fraction of sp³-hybridized carbons (Fsp3) is 0.632. The summed E-state index contributed by atoms with van der Waals surface area (Å²) in [6.45, 7) is 7.89. The molecule has 7 nitrogen and oxygen atoms in total. The number of likely N-dealkylation sites (tertiary alicyclic amines) is 1. The summed E-state index contributed by atoms with van der Waals surface area (Å²) >= 11 is 0. The number of rotatable bonds is 4. The topological polar surface area (TPSA) is 76.2 Å². The Balaban J connectivity index is 1.43. The number of carbonyl (C=O) groups is 1. The highest BCUT2D eigenvalue weighted by Crippen LogP contribution is 2.41. The molecule has 2 aliphatic heterocycles. The van der Waals surface area contributed by atoms with Crippen molar-refractivity contribution in [1.82, 2.24) is 25.0 Å². The maximum absolute atomic E-state index is 12.4. The Hall–Kier alpha value is -2.15. The minimum absolute atomic E-state index is 0.0964. The van der Waals surface area contributed by atoms with E-state index in [-0.39, 0.29) is 17.4 Å². The van der Waals surface area contributed by atoms with Gasteiger partial charge in [-0.3, -0.25) is 9.69 Å². The van der Waals surface area contributed by atoms with Gasteiger partial charge in [-0.05, 0) is 57.7 Å². The maximum atomic E-state index is 12.4. The second-order valence-electron chi connectivity index (χ2n) is 8.06. The van der Waals surface area contributed by atoms with Crippen LogP contribution in [0, 0.1) is 5.41 Å². The zero-order valence-corrected chi connectivity index (χ0v) is 15.6. The third-order valence-electron chi connectivity index (χ3n) is 5.73. The molecular weight excluding hydrogens is 330 g/mol. The summed E-state index contributed by atoms with van der Waals surface area (Å²) < 4.78 is 7.24. The number of furan rings is 1. The zero-order valence-electron chi connectivity index (χ0n) is 15.6. The average molecular weight is 357 g/mol. The first-order valence-electron chi connectivity index (χ1n) is 9.51. The van der Waals surface area contributed by atoms with Crippen molar-refractivity contribution in [2.45, 2.75) is 58.7 Å². The fourth-order valence-corrected chi connectivity index (χ4v) is 4.21. The van der Waals surface area contributed by atoms with E-state index in [0.29, 0.717) is 5.82 Å². The molecule has 0 radical (unpaired) electrons. The molecule has 2 aromatic heterocycles. The standard InChI is InChI=1S/C19H27N5O2/c1-14(2)20-18(25)17-22-21-16-3-5-19(13-24(16)17)6-8-23(9-7-19)11-15-4-10-26-12-15/h4,10,12,14H,3,5-9,11,13H2,1-2H3,(H,20,25). The van der Waals surface area contributed by atoms with Crippen LogP contribution in [0.1, 0.15) is 55.1 Å². The van der Waals surface area contributed by atoms with Gasteiger partial charge in [0.1, 0.15) is 5.82 Å². The van der Waals surface area contributed by atoms with Gasteiger partial charge in [0.05, 0.1) is 12.5 Å². The molecule has 0 aliphatic carbocycles. The number of amides is 1. The Morgan fingerprint density at radius 1 is 1.31 bits per heavy atom. The normalized spacial score (nSPS) is 19.7. The summed E-state index contributed by atoms with van der Waals surface area (Å²) in [6, 6.07) is 2.13. The smallest absolute Gasteiger partial charge is 0.289 e. The molecule has 26 heavy (non-hydrogen) atoms. The summed E-state index contributed by atoms with van der Waals surface area (Å²) in [7, 11) is 0. The predicted octanol–water partition coefficient (Wildman–Crippen LogP) is 2.24. The van der Waals surface area contributed by atoms with Gasteiger partial charge in [0, 0.05) is 31.1 Å². The van der Waals surface area contributed by atoms with Gasteiger partial charge in [0.25, 0.3) is 5.91 Å². The molecule has 140 valence electrons. The van der Waals surface area contributed by atoms with E-state index in [1.54, 1.807) is 6.26 Å². The Morgan fingerprint density at radius 2 is 2.12 bits per heavy atom. The number of carbonyl (C=O) groups excluding carboxylic acids is 1. The molecule has 1 N–H and O–H groups in total. The molecule has 4 heterocycles. The Labute approximate surface area is 153 Å². The van der Waals surface area contributed by atoms with Gasteiger partial charge >= 0.3 is 0 Å². The number of hydrogen-bond donors (Lipinski definition) is 1. The van der Waals surface area contributed by atoms with E-state index in [2.05, 4.69) is 25.0 Å². The summed E-state index contributed by atoms with van der Waals surface area (Å²) in [5.41, 5.74) is 1.49. The molecule has 1 fully saturated rings. The number of hydrogen-bond acceptors (Lipinski definition) is 5. The van der Waals surface area contributed by atoms with Gasteiger partial charge in [0.2, 0.25) is 5.82 Å². The van der Waals surface area contributed by atoms with Gasteiger partial charge < -0.3 is 14.3 Å². The summed E-state index contributed by atoms with van der Waals surface area (Å²) in [5.74, 6) is 1.30. The highest BCUT2D eigenvalue weighted by atomic mass is 16.3. The van der Waals surface area contributed by atoms with Crippen molar-refractivity contribution in [1.29, 1.82) is 0 Å². The van der Waals surface area contributed by atoms with Gasteiger partial charge in [-0.15, -0.1) is 10.2 Å². The average Bonchev–Trinajstić information content (AvgIpc) is 3.26. The summed E-state index contributed by atoms with van der Waals surface area (Å²) in [6.07, 6.45) is 7.90. The molecule has 0 unspecified atom stereocenters. The van der Waals surface area contributed by atoms with Crippen molar-refractivity contribution in [3.8, 4) is 0 Å². The highest BCUT2D eigenvalue weighted by molar-refractivity contribution is 5.90. The van der Waals surface area contributed by atoms with Crippen LogP contribution < -0.4 is 5.32 Å². The molecule has 1 saturated heterocycles. The van der Waals surface area contributed by atoms with E-state index < -0.39 is 0 Å². The molecule has 0 atom stereocenters. The van der Waals surface area contributed by atoms with Crippen LogP contribution in [0.5, 0.6) is 0 Å². The first-order chi connectivity index (χ1) is 12.5. The number of piperidine rings is 1. The molecule has 7 heteroatoms. The van der Waals surface area contributed by atoms with E-state index >= 15 is 0 Å². The molecule has 2 aromatic rings. The van der Waals surface area contributed by atoms with Crippen molar-refractivity contribution in [2.75, 3.05) is 13.1 Å². The second-order valence-corrected chi connectivity index (χ2v) is 8.06. The SMILES string of the molecule is CC(C)NC(=O)c1nnc2n1CC1(CC2)CCN(Cc2ccoc2)CC1. The van der Waals surface area contributed by atoms with Crippen LogP contribution in [0.4, 0.5) is 0 Å². The zero-order chi connectivity index (χ0) is 18.1. The van der Waals surface area contributed by atoms with Gasteiger partial charge in [0.15, 0.2) is 0 Å². The first-order valence-corrected chi connectivity index (χ1v) is 9.51. The molecule has 1 amide bonds. The molecule has 4 rings (SSSR count). The fourth-order valence-electron chi connectivity index (χ4n) is 4.21. The van der Waals surface area contributed by atoms with Crippen LogP contribution in [-0.4, -0.2) is 44.7 Å². The van der Waals surface area contributed by atoms with Crippen molar-refractivity contribution in [2.24, 2.45) is 5.41 Å². The lowest BCUT2D eigenvalue weighted by Gasteiger charge is -2.44. The van der Waals surface area contributed by atoms with Gasteiger partial charge in [-0.2, -0.15) is 0 Å². The number of nitrogens with zero attached hydrogens (tertiary/aromatic N) is 4. The van der Waals surface area contributed by atoms with E-state index in [0.717, 1.165) is 57.7 Å². The van der Waals surface area contributed by atoms with E-state index in [9.17, 15) is 4.79 Å². The van der Waals surface area contributed by atoms with Crippen LogP contribution in [0.3, 0.4) is 0 Å². The molecule has 1 spiro atoms. The Kier molecular flexibility index (Phi) is 4.56. The van der Waals surface area contributed by atoms with Gasteiger partial charge in [-0.1, -0.05) is 0 Å². The van der Waals surface area contributed by atoms with Crippen LogP contribution in [0.25, 0.3) is 0 Å². The number of nitrogens with one attached hydrogen (secondary N) is 1. The first kappa shape index (κ1) is 17.3. The third kappa shape index (κ3) is 3.40. The summed E-state index contributed by atoms with van der Waals surface area (Å²) in [4.78, 5) is 14.9. The number of aromatic nitrogens is 3. The maximum Gasteiger partial charge on any atom is 0.289 e. The van der Waals surface area contributed by atoms with Crippen molar-refractivity contribution in [3.63, 3.8) is 0 Å². The predicted molar refractivity (Wildman–Crippen MR) is 96.6 cm³/mol. The van der Waals surface area contributed by atoms with E-state index in [1.807, 2.05) is 26.2 Å². The molecule has 0 saturated carbocycles. The second kappa shape index (κ2) is 6.87. The van der Waals surface area contributed by atoms with E-state index in [1.165, 1.54) is 5.56 Å². The Morgan fingerprint density at radius 3 is 2.81 bits per heavy atom. The van der Waals surface area contributed by atoms with E-state index in [4.69, 9.17) is 4.42 Å². The van der Waals surface area contributed by atoms with Crippen molar-refractivity contribution >= 4 is 5.91 Å². The van der Waals surface area contributed by atoms with Gasteiger partial charge in [-0.25, -0.2) is 0 Å². The summed E-state index contributed by atoms with van der Waals surface area (Å²) in [5, 5.41) is 11.4. The van der Waals surface area contributed by atoms with Crippen molar-refractivity contribution in [3.05, 3.63) is 35.8 Å². The van der Waals surface area contributed by atoms with Crippen LogP contribution in [0.15, 0.2) is 23.0 Å². The molecule has 0 bridgehead atoms. The molecule has 0 aromatic carbocycles. The van der Waals surface area contributed by atoms with Crippen LogP contribution >= 0.6 is 0 Å². The number of aryl methyl sites for hydroxylation is 1. The monoisotopic (exact) mass is 357 g/mol. The third-order valence-corrected chi connectivity index (χ3v) is 5.73. The van der Waals surface area contributed by atoms with Crippen molar-refractivity contribution < 1.29 is 9.21 Å². The number of fused-ring (bicyclic) bond motifs is 1. The minimum Gasteiger partial charge on any atom is -0.472 e.